The van der Waals surface area contributed by atoms with Crippen LogP contribution in [0.3, 0.4) is 0 Å². The van der Waals surface area contributed by atoms with Crippen molar-refractivity contribution in [3.8, 4) is 23.6 Å². The number of benzene rings is 2. The number of H-pyrrole nitrogens is 2. The third-order valence-corrected chi connectivity index (χ3v) is 16.7. The highest BCUT2D eigenvalue weighted by Crippen LogP contribution is 2.46. The Bertz CT molecular complexity index is 3210. The van der Waals surface area contributed by atoms with Gasteiger partial charge in [0.1, 0.15) is 23.1 Å². The number of ketones is 6. The normalized spacial score (nSPS) is 18.8. The van der Waals surface area contributed by atoms with Crippen molar-refractivity contribution in [2.45, 2.75) is 155 Å². The number of nitrogens with zero attached hydrogens (tertiary/aromatic N) is 2. The van der Waals surface area contributed by atoms with Crippen molar-refractivity contribution in [1.82, 2.24) is 20.6 Å². The van der Waals surface area contributed by atoms with Gasteiger partial charge in [-0.15, -0.1) is 11.6 Å². The maximum atomic E-state index is 13.6. The second-order valence-corrected chi connectivity index (χ2v) is 24.1. The number of Topliss-reactive ketones (excluding diaryl/α,β-unsaturated/α-hetero) is 6. The highest BCUT2D eigenvalue weighted by atomic mass is 35.5. The smallest absolute Gasteiger partial charge is 0.326 e. The number of aromatic nitrogens is 2. The molecule has 0 spiro atoms. The van der Waals surface area contributed by atoms with Crippen LogP contribution in [0.25, 0.3) is 21.8 Å². The number of esters is 1. The van der Waals surface area contributed by atoms with Crippen molar-refractivity contribution in [1.29, 1.82) is 10.5 Å². The molecule has 85 heavy (non-hydrogen) atoms. The number of fused-ring (bicyclic) bond motifs is 2. The molecule has 8 rings (SSSR count). The molecule has 0 unspecified atom stereocenters. The van der Waals surface area contributed by atoms with Crippen LogP contribution < -0.4 is 20.1 Å². The lowest BCUT2D eigenvalue weighted by Crippen LogP contribution is -2.47. The third kappa shape index (κ3) is 17.9. The second-order valence-electron chi connectivity index (χ2n) is 23.9. The van der Waals surface area contributed by atoms with Gasteiger partial charge in [0.25, 0.3) is 0 Å². The summed E-state index contributed by atoms with van der Waals surface area (Å²) in [5.41, 5.74) is 0.113. The Morgan fingerprint density at radius 2 is 1.08 bits per heavy atom. The number of methoxy groups -OCH3 is 2. The minimum atomic E-state index is -1.19. The number of carbonyl (C=O) groups is 10. The van der Waals surface area contributed by atoms with E-state index in [2.05, 4.69) is 20.6 Å². The Kier molecular flexibility index (Phi) is 23.8. The van der Waals surface area contributed by atoms with Crippen LogP contribution in [-0.2, 0) is 43.1 Å². The number of amides is 2. The van der Waals surface area contributed by atoms with E-state index < -0.39 is 65.0 Å². The van der Waals surface area contributed by atoms with Gasteiger partial charge in [0.2, 0.25) is 11.8 Å². The fourth-order valence-corrected chi connectivity index (χ4v) is 11.2. The zero-order valence-corrected chi connectivity index (χ0v) is 50.2. The molecule has 4 aliphatic rings. The summed E-state index contributed by atoms with van der Waals surface area (Å²) < 4.78 is 15.9. The first-order valence-corrected chi connectivity index (χ1v) is 29.9. The van der Waals surface area contributed by atoms with Crippen LogP contribution in [-0.4, -0.2) is 112 Å². The summed E-state index contributed by atoms with van der Waals surface area (Å²) in [5.74, 6) is -4.28. The van der Waals surface area contributed by atoms with E-state index in [0.717, 1.165) is 53.9 Å². The predicted molar refractivity (Wildman–Crippen MR) is 314 cm³/mol. The van der Waals surface area contributed by atoms with Gasteiger partial charge >= 0.3 is 11.9 Å². The Morgan fingerprint density at radius 1 is 0.659 bits per heavy atom. The quantitative estimate of drug-likeness (QED) is 0.0211. The maximum Gasteiger partial charge on any atom is 0.326 e. The highest BCUT2D eigenvalue weighted by molar-refractivity contribution is 6.28. The monoisotopic (exact) mass is 1190 g/mol. The van der Waals surface area contributed by atoms with Crippen LogP contribution in [0.1, 0.15) is 164 Å². The maximum absolute atomic E-state index is 13.6. The van der Waals surface area contributed by atoms with Crippen LogP contribution in [0, 0.1) is 69.0 Å². The van der Waals surface area contributed by atoms with Gasteiger partial charge in [-0.05, 0) is 125 Å². The van der Waals surface area contributed by atoms with Crippen LogP contribution in [0.4, 0.5) is 0 Å². The van der Waals surface area contributed by atoms with Crippen molar-refractivity contribution in [3.63, 3.8) is 0 Å². The molecular weight excluding hydrogens is 1110 g/mol. The number of hydrogen-bond acceptors (Lipinski definition) is 15. The van der Waals surface area contributed by atoms with Gasteiger partial charge in [-0.1, -0.05) is 52.7 Å². The fourth-order valence-electron chi connectivity index (χ4n) is 11.0. The highest BCUT2D eigenvalue weighted by Gasteiger charge is 2.53. The lowest BCUT2D eigenvalue weighted by Gasteiger charge is -2.27. The topological polar surface area (TPSA) is 322 Å². The minimum absolute atomic E-state index is 0.00327. The molecule has 2 heterocycles. The molecule has 5 N–H and O–H groups in total. The number of nitriles is 2. The number of aromatic amines is 2. The molecule has 4 aliphatic carbocycles. The number of hydrogen-bond donors (Lipinski definition) is 5. The number of carboxylic acid groups (broad SMARTS) is 1. The van der Waals surface area contributed by atoms with Crippen LogP contribution >= 0.6 is 11.6 Å². The largest absolute Gasteiger partial charge is 0.496 e. The molecule has 21 heteroatoms. The molecule has 0 bridgehead atoms. The van der Waals surface area contributed by atoms with Crippen molar-refractivity contribution < 1.29 is 67.3 Å². The summed E-state index contributed by atoms with van der Waals surface area (Å²) in [6.07, 6.45) is 8.76. The number of nitrogens with one attached hydrogen (secondary N) is 4. The molecule has 2 aromatic heterocycles. The molecule has 0 aliphatic heterocycles. The number of alkyl halides is 1. The summed E-state index contributed by atoms with van der Waals surface area (Å²) in [4.78, 5) is 133. The van der Waals surface area contributed by atoms with Gasteiger partial charge < -0.3 is 39.9 Å². The summed E-state index contributed by atoms with van der Waals surface area (Å²) in [6.45, 7) is 7.27. The molecule has 4 saturated carbocycles. The molecule has 4 fully saturated rings. The van der Waals surface area contributed by atoms with Crippen molar-refractivity contribution in [2.75, 3.05) is 26.7 Å². The lowest BCUT2D eigenvalue weighted by molar-refractivity contribution is -0.152. The molecule has 456 valence electrons. The van der Waals surface area contributed by atoms with Crippen LogP contribution in [0.5, 0.6) is 11.5 Å². The van der Waals surface area contributed by atoms with E-state index >= 15 is 0 Å². The van der Waals surface area contributed by atoms with Gasteiger partial charge in [0, 0.05) is 71.2 Å². The first-order chi connectivity index (χ1) is 40.5. The third-order valence-electron chi connectivity index (χ3n) is 16.4. The molecule has 2 amide bonds. The predicted octanol–water partition coefficient (Wildman–Crippen LogP) is 9.69. The zero-order valence-electron chi connectivity index (χ0n) is 49.4. The fraction of sp³-hybridized carbons (Fsp3) is 0.562. The lowest BCUT2D eigenvalue weighted by atomic mass is 9.82. The molecule has 2 aromatic carbocycles. The van der Waals surface area contributed by atoms with E-state index in [9.17, 15) is 53.2 Å². The zero-order chi connectivity index (χ0) is 62.2. The van der Waals surface area contributed by atoms with E-state index in [4.69, 9.17) is 36.2 Å². The number of carboxylic acids is 1. The first-order valence-electron chi connectivity index (χ1n) is 29.4. The summed E-state index contributed by atoms with van der Waals surface area (Å²) >= 11 is 5.82. The second kappa shape index (κ2) is 30.4. The summed E-state index contributed by atoms with van der Waals surface area (Å²) in [6, 6.07) is 16.3. The standard InChI is InChI=1S/C32H39N3O7.C27H35ClN2O5.C5H5NO2/c1-19(2)13-21(15-27(37)25-16-22-23(34-25)8-6-10-29(22)41-3)30(39)35-24(14-20-7-4-5-9-26(20)36)28(38)17-42-31(40)32(18-33)11-12-32;1-16(2)11-18(13-24(32)22-14-19-20(29-22)8-6-10-26(19)35-3)27(34)30-21(25(33)15-28)12-17-7-4-5-9-23(17)31;6-3-5(1-2-5)4(7)8/h6,8,10,16,19-21,24,34H,4-5,7,9,11-15,17H2,1-3H3,(H,35,39);6,8,10,14,16-18,21,29H,4-5,7,9,11-13,15H2,1-3H3,(H,30,34);1-2H2,(H,7,8)/t20-,21+,24-;17-,18+,21-;/m00./s1. The molecule has 6 atom stereocenters. The Balaban J connectivity index is 0.000000243. The SMILES string of the molecule is COc1cccc2[nH]c(C(=O)C[C@@H](CC(C)C)C(=O)N[C@@H](C[C@@H]3CCCCC3=O)C(=O)CCl)cc12.COc1cccc2[nH]c(C(=O)C[C@@H](CC(C)C)C(=O)N[C@@H](C[C@@H]3CCCCC3=O)C(=O)COC(=O)C3(C#N)CC3)cc12.N#CC1(C(=O)O)CC1. The van der Waals surface area contributed by atoms with Crippen LogP contribution in [0.2, 0.25) is 0 Å². The van der Waals surface area contributed by atoms with Crippen LogP contribution in [0.15, 0.2) is 48.5 Å². The van der Waals surface area contributed by atoms with E-state index in [-0.39, 0.29) is 90.1 Å². The molecule has 20 nitrogen and oxygen atoms in total. The van der Waals surface area contributed by atoms with Gasteiger partial charge in [-0.25, -0.2) is 0 Å². The van der Waals surface area contributed by atoms with E-state index in [1.807, 2.05) is 64.1 Å². The Hall–Kier alpha value is -7.71. The van der Waals surface area contributed by atoms with Gasteiger partial charge in [-0.3, -0.25) is 47.9 Å². The number of ether oxygens (including phenoxy) is 3. The van der Waals surface area contributed by atoms with Gasteiger partial charge in [-0.2, -0.15) is 10.5 Å². The number of carbonyl (C=O) groups excluding carboxylic acids is 9. The molecule has 0 saturated heterocycles. The minimum Gasteiger partial charge on any atom is -0.496 e. The number of aliphatic carboxylic acids is 1. The Labute approximate surface area is 500 Å². The molecule has 4 aromatic rings. The molecular formula is C64H79ClN6O14. The Morgan fingerprint density at radius 3 is 1.42 bits per heavy atom. The summed E-state index contributed by atoms with van der Waals surface area (Å²) in [5, 5.41) is 32.9. The van der Waals surface area contributed by atoms with E-state index in [0.29, 0.717) is 80.7 Å². The van der Waals surface area contributed by atoms with Gasteiger partial charge in [0.15, 0.2) is 40.6 Å². The average molecular weight is 1190 g/mol. The van der Waals surface area contributed by atoms with E-state index in [1.54, 1.807) is 38.5 Å². The average Bonchev–Trinajstić information content (AvgIpc) is 3.24. The van der Waals surface area contributed by atoms with Crippen molar-refractivity contribution >= 4 is 91.9 Å². The van der Waals surface area contributed by atoms with E-state index in [1.165, 1.54) is 0 Å². The number of rotatable bonds is 27. The van der Waals surface area contributed by atoms with Crippen molar-refractivity contribution in [3.05, 3.63) is 59.9 Å². The number of halogens is 1. The summed E-state index contributed by atoms with van der Waals surface area (Å²) in [7, 11) is 3.13. The van der Waals surface area contributed by atoms with Gasteiger partial charge in [0.05, 0.1) is 55.7 Å². The molecule has 0 radical (unpaired) electrons. The van der Waals surface area contributed by atoms with Crippen molar-refractivity contribution in [2.24, 2.45) is 46.3 Å². The first kappa shape index (κ1) is 66.4.